The minimum atomic E-state index is -3.87. The number of benzene rings is 2. The fourth-order valence-corrected chi connectivity index (χ4v) is 4.27. The van der Waals surface area contributed by atoms with Crippen LogP contribution in [0.1, 0.15) is 25.1 Å². The molecule has 148 valence electrons. The van der Waals surface area contributed by atoms with E-state index in [0.29, 0.717) is 17.3 Å². The number of rotatable bonds is 6. The summed E-state index contributed by atoms with van der Waals surface area (Å²) in [6, 6.07) is 15.9. The summed E-state index contributed by atoms with van der Waals surface area (Å²) in [5.41, 5.74) is 1.93. The Bertz CT molecular complexity index is 1130. The van der Waals surface area contributed by atoms with Gasteiger partial charge in [0, 0.05) is 7.05 Å². The summed E-state index contributed by atoms with van der Waals surface area (Å²) in [5, 5.41) is 0. The maximum atomic E-state index is 12.9. The molecular formula is C21H25N3O3S. The van der Waals surface area contributed by atoms with E-state index in [1.54, 1.807) is 42.9 Å². The van der Waals surface area contributed by atoms with Crippen molar-refractivity contribution in [3.05, 3.63) is 76.2 Å². The topological polar surface area (TPSA) is 73.1 Å². The van der Waals surface area contributed by atoms with Gasteiger partial charge >= 0.3 is 0 Å². The predicted molar refractivity (Wildman–Crippen MR) is 112 cm³/mol. The molecule has 0 bridgehead atoms. The number of para-hydroxylation sites is 1. The molecule has 28 heavy (non-hydrogen) atoms. The van der Waals surface area contributed by atoms with Gasteiger partial charge in [0.25, 0.3) is 15.6 Å². The molecule has 0 aliphatic carbocycles. The highest BCUT2D eigenvalue weighted by Gasteiger charge is 2.22. The second-order valence-corrected chi connectivity index (χ2v) is 8.97. The van der Waals surface area contributed by atoms with Crippen LogP contribution in [0.25, 0.3) is 5.69 Å². The molecule has 6 nitrogen and oxygen atoms in total. The van der Waals surface area contributed by atoms with Crippen LogP contribution in [0.5, 0.6) is 0 Å². The van der Waals surface area contributed by atoms with Gasteiger partial charge in [0.05, 0.1) is 16.3 Å². The zero-order valence-corrected chi connectivity index (χ0v) is 17.3. The molecule has 3 rings (SSSR count). The molecule has 1 heterocycles. The van der Waals surface area contributed by atoms with Crippen LogP contribution < -0.4 is 10.3 Å². The van der Waals surface area contributed by atoms with Gasteiger partial charge in [-0.05, 0) is 49.1 Å². The fourth-order valence-electron chi connectivity index (χ4n) is 3.16. The van der Waals surface area contributed by atoms with Crippen LogP contribution in [0.4, 0.5) is 5.69 Å². The van der Waals surface area contributed by atoms with Crippen LogP contribution in [0.2, 0.25) is 0 Å². The first-order valence-corrected chi connectivity index (χ1v) is 10.6. The van der Waals surface area contributed by atoms with Gasteiger partial charge in [-0.3, -0.25) is 14.2 Å². The Balaban J connectivity index is 1.96. The summed E-state index contributed by atoms with van der Waals surface area (Å²) in [6.45, 7) is 5.94. The number of nitrogens with one attached hydrogen (secondary N) is 1. The number of aromatic nitrogens is 2. The summed E-state index contributed by atoms with van der Waals surface area (Å²) >= 11 is 0. The first-order chi connectivity index (χ1) is 13.2. The Hall–Kier alpha value is -2.80. The van der Waals surface area contributed by atoms with Gasteiger partial charge in [0.15, 0.2) is 0 Å². The molecule has 0 aliphatic heterocycles. The molecule has 0 amide bonds. The zero-order chi connectivity index (χ0) is 20.5. The third-order valence-electron chi connectivity index (χ3n) is 4.67. The first kappa shape index (κ1) is 19.9. The molecule has 0 spiro atoms. The van der Waals surface area contributed by atoms with E-state index in [1.165, 1.54) is 4.68 Å². The predicted octanol–water partition coefficient (Wildman–Crippen LogP) is 3.48. The van der Waals surface area contributed by atoms with Crippen LogP contribution >= 0.6 is 0 Å². The lowest BCUT2D eigenvalue weighted by Crippen LogP contribution is -2.23. The van der Waals surface area contributed by atoms with Crippen molar-refractivity contribution in [2.75, 3.05) is 4.72 Å². The molecule has 0 radical (unpaired) electrons. The Morgan fingerprint density at radius 3 is 2.18 bits per heavy atom. The molecule has 3 aromatic rings. The Labute approximate surface area is 165 Å². The molecule has 1 aromatic heterocycles. The van der Waals surface area contributed by atoms with Gasteiger partial charge in [-0.25, -0.2) is 13.1 Å². The highest BCUT2D eigenvalue weighted by Crippen LogP contribution is 2.20. The standard InChI is InChI=1S/C21H25N3O3S/c1-15(2)14-17-10-12-19(13-11-17)28(26,27)22-20-16(3)23(4)24(21(20)25)18-8-6-5-7-9-18/h5-13,15,22H,14H2,1-4H3. The minimum Gasteiger partial charge on any atom is -0.283 e. The van der Waals surface area contributed by atoms with Crippen LogP contribution in [-0.2, 0) is 23.5 Å². The van der Waals surface area contributed by atoms with Crippen molar-refractivity contribution in [3.63, 3.8) is 0 Å². The van der Waals surface area contributed by atoms with E-state index in [-0.39, 0.29) is 10.6 Å². The van der Waals surface area contributed by atoms with Crippen LogP contribution in [0.15, 0.2) is 64.3 Å². The van der Waals surface area contributed by atoms with Gasteiger partial charge in [0.1, 0.15) is 5.69 Å². The normalized spacial score (nSPS) is 11.8. The highest BCUT2D eigenvalue weighted by molar-refractivity contribution is 7.92. The lowest BCUT2D eigenvalue weighted by Gasteiger charge is -2.09. The van der Waals surface area contributed by atoms with Crippen LogP contribution in [0.3, 0.4) is 0 Å². The third-order valence-corrected chi connectivity index (χ3v) is 6.03. The maximum absolute atomic E-state index is 12.9. The average molecular weight is 400 g/mol. The minimum absolute atomic E-state index is 0.0533. The second kappa shape index (κ2) is 7.67. The fraction of sp³-hybridized carbons (Fsp3) is 0.286. The average Bonchev–Trinajstić information content (AvgIpc) is 2.85. The quantitative estimate of drug-likeness (QED) is 0.690. The molecule has 1 N–H and O–H groups in total. The van der Waals surface area contributed by atoms with Crippen molar-refractivity contribution < 1.29 is 8.42 Å². The van der Waals surface area contributed by atoms with E-state index in [1.807, 2.05) is 30.3 Å². The van der Waals surface area contributed by atoms with Crippen molar-refractivity contribution in [2.24, 2.45) is 13.0 Å². The number of hydrogen-bond donors (Lipinski definition) is 1. The molecule has 0 saturated carbocycles. The molecule has 0 fully saturated rings. The van der Waals surface area contributed by atoms with Gasteiger partial charge < -0.3 is 0 Å². The SMILES string of the molecule is Cc1c(NS(=O)(=O)c2ccc(CC(C)C)cc2)c(=O)n(-c2ccccc2)n1C. The summed E-state index contributed by atoms with van der Waals surface area (Å²) in [4.78, 5) is 13.0. The van der Waals surface area contributed by atoms with E-state index in [0.717, 1.165) is 12.0 Å². The van der Waals surface area contributed by atoms with E-state index in [2.05, 4.69) is 18.6 Å². The number of nitrogens with zero attached hydrogens (tertiary/aromatic N) is 2. The lowest BCUT2D eigenvalue weighted by atomic mass is 10.0. The summed E-state index contributed by atoms with van der Waals surface area (Å²) in [5.74, 6) is 0.490. The van der Waals surface area contributed by atoms with Crippen molar-refractivity contribution in [3.8, 4) is 5.69 Å². The number of hydrogen-bond acceptors (Lipinski definition) is 3. The molecular weight excluding hydrogens is 374 g/mol. The molecule has 7 heteroatoms. The number of anilines is 1. The Kier molecular flexibility index (Phi) is 5.47. The monoisotopic (exact) mass is 399 g/mol. The van der Waals surface area contributed by atoms with Crippen LogP contribution in [-0.4, -0.2) is 17.8 Å². The molecule has 0 atom stereocenters. The zero-order valence-electron chi connectivity index (χ0n) is 16.5. The van der Waals surface area contributed by atoms with Gasteiger partial charge in [-0.15, -0.1) is 0 Å². The largest absolute Gasteiger partial charge is 0.296 e. The first-order valence-electron chi connectivity index (χ1n) is 9.16. The van der Waals surface area contributed by atoms with Gasteiger partial charge in [-0.1, -0.05) is 44.2 Å². The summed E-state index contributed by atoms with van der Waals surface area (Å²) in [7, 11) is -2.14. The molecule has 2 aromatic carbocycles. The molecule has 0 aliphatic rings. The summed E-state index contributed by atoms with van der Waals surface area (Å²) < 4.78 is 31.2. The van der Waals surface area contributed by atoms with Crippen LogP contribution in [0, 0.1) is 12.8 Å². The second-order valence-electron chi connectivity index (χ2n) is 7.28. The third kappa shape index (κ3) is 3.89. The van der Waals surface area contributed by atoms with Crippen molar-refractivity contribution in [1.29, 1.82) is 0 Å². The lowest BCUT2D eigenvalue weighted by molar-refractivity contribution is 0.601. The Morgan fingerprint density at radius 2 is 1.61 bits per heavy atom. The van der Waals surface area contributed by atoms with Gasteiger partial charge in [-0.2, -0.15) is 0 Å². The van der Waals surface area contributed by atoms with E-state index in [4.69, 9.17) is 0 Å². The Morgan fingerprint density at radius 1 is 1.00 bits per heavy atom. The van der Waals surface area contributed by atoms with E-state index >= 15 is 0 Å². The highest BCUT2D eigenvalue weighted by atomic mass is 32.2. The smallest absolute Gasteiger partial charge is 0.283 e. The summed E-state index contributed by atoms with van der Waals surface area (Å²) in [6.07, 6.45) is 0.882. The van der Waals surface area contributed by atoms with Gasteiger partial charge in [0.2, 0.25) is 0 Å². The number of sulfonamides is 1. The van der Waals surface area contributed by atoms with E-state index in [9.17, 15) is 13.2 Å². The van der Waals surface area contributed by atoms with Crippen molar-refractivity contribution in [1.82, 2.24) is 9.36 Å². The van der Waals surface area contributed by atoms with Crippen molar-refractivity contribution >= 4 is 15.7 Å². The molecule has 0 unspecified atom stereocenters. The van der Waals surface area contributed by atoms with E-state index < -0.39 is 15.6 Å². The molecule has 0 saturated heterocycles. The maximum Gasteiger partial charge on any atom is 0.296 e. The van der Waals surface area contributed by atoms with Crippen molar-refractivity contribution in [2.45, 2.75) is 32.1 Å².